The van der Waals surface area contributed by atoms with Gasteiger partial charge in [-0.15, -0.1) is 0 Å². The fourth-order valence-corrected chi connectivity index (χ4v) is 5.06. The standard InChI is InChI=1S/C25H29FN4O4/c26-20-7-3-2-6-18(20)22(31)28-17-8-9-21(19(16-17)23(32)33)29-14-10-25(11-15-29,24(27)34)30-12-4-1-5-13-30/h2-3,6-9,16H,1,4-5,10-15H2,(H2,27,34)(H,28,31)(H,32,33). The number of hydrogen-bond donors (Lipinski definition) is 3. The summed E-state index contributed by atoms with van der Waals surface area (Å²) in [5.41, 5.74) is 5.82. The van der Waals surface area contributed by atoms with Crippen molar-refractivity contribution in [1.29, 1.82) is 0 Å². The van der Waals surface area contributed by atoms with Gasteiger partial charge in [0.15, 0.2) is 0 Å². The first-order valence-electron chi connectivity index (χ1n) is 11.5. The van der Waals surface area contributed by atoms with Crippen LogP contribution in [0.4, 0.5) is 15.8 Å². The second-order valence-corrected chi connectivity index (χ2v) is 8.90. The molecule has 9 heteroatoms. The summed E-state index contributed by atoms with van der Waals surface area (Å²) in [4.78, 5) is 41.1. The third kappa shape index (κ3) is 4.61. The number of nitrogens with two attached hydrogens (primary N) is 1. The van der Waals surface area contributed by atoms with Gasteiger partial charge in [-0.25, -0.2) is 9.18 Å². The quantitative estimate of drug-likeness (QED) is 0.600. The highest BCUT2D eigenvalue weighted by Crippen LogP contribution is 2.35. The topological polar surface area (TPSA) is 116 Å². The molecular formula is C25H29FN4O4. The Hall–Kier alpha value is -3.46. The van der Waals surface area contributed by atoms with Gasteiger partial charge in [0.05, 0.1) is 16.8 Å². The zero-order valence-corrected chi connectivity index (χ0v) is 18.9. The van der Waals surface area contributed by atoms with E-state index in [1.807, 2.05) is 4.90 Å². The number of amides is 2. The van der Waals surface area contributed by atoms with E-state index in [1.54, 1.807) is 18.2 Å². The summed E-state index contributed by atoms with van der Waals surface area (Å²) in [7, 11) is 0. The molecule has 34 heavy (non-hydrogen) atoms. The van der Waals surface area contributed by atoms with Crippen LogP contribution in [-0.2, 0) is 4.79 Å². The summed E-state index contributed by atoms with van der Waals surface area (Å²) in [6.07, 6.45) is 4.28. The minimum Gasteiger partial charge on any atom is -0.478 e. The van der Waals surface area contributed by atoms with Gasteiger partial charge in [-0.2, -0.15) is 0 Å². The van der Waals surface area contributed by atoms with Crippen LogP contribution in [0.15, 0.2) is 42.5 Å². The predicted octanol–water partition coefficient (Wildman–Crippen LogP) is 3.09. The molecule has 0 atom stereocenters. The molecule has 2 aromatic rings. The first-order valence-corrected chi connectivity index (χ1v) is 11.5. The molecule has 0 unspecified atom stereocenters. The summed E-state index contributed by atoms with van der Waals surface area (Å²) in [5, 5.41) is 12.4. The van der Waals surface area contributed by atoms with Crippen LogP contribution in [0, 0.1) is 5.82 Å². The molecule has 2 saturated heterocycles. The molecular weight excluding hydrogens is 439 g/mol. The number of carbonyl (C=O) groups excluding carboxylic acids is 2. The molecule has 2 amide bonds. The maximum absolute atomic E-state index is 13.9. The Morgan fingerprint density at radius 1 is 0.941 bits per heavy atom. The number of nitrogens with zero attached hydrogens (tertiary/aromatic N) is 2. The Bertz CT molecular complexity index is 1090. The molecule has 4 rings (SSSR count). The van der Waals surface area contributed by atoms with Gasteiger partial charge in [0.2, 0.25) is 5.91 Å². The van der Waals surface area contributed by atoms with E-state index in [0.717, 1.165) is 32.4 Å². The molecule has 0 bridgehead atoms. The Labute approximate surface area is 197 Å². The lowest BCUT2D eigenvalue weighted by Crippen LogP contribution is -2.63. The number of likely N-dealkylation sites (tertiary alicyclic amines) is 1. The van der Waals surface area contributed by atoms with E-state index in [-0.39, 0.29) is 22.7 Å². The minimum absolute atomic E-state index is 0.0240. The first-order chi connectivity index (χ1) is 16.3. The molecule has 0 saturated carbocycles. The summed E-state index contributed by atoms with van der Waals surface area (Å²) in [5.74, 6) is -2.78. The maximum Gasteiger partial charge on any atom is 0.337 e. The van der Waals surface area contributed by atoms with E-state index < -0.39 is 23.2 Å². The Morgan fingerprint density at radius 2 is 1.62 bits per heavy atom. The number of benzene rings is 2. The lowest BCUT2D eigenvalue weighted by atomic mass is 9.83. The first kappa shape index (κ1) is 23.7. The predicted molar refractivity (Wildman–Crippen MR) is 127 cm³/mol. The summed E-state index contributed by atoms with van der Waals surface area (Å²) < 4.78 is 13.9. The molecule has 8 nitrogen and oxygen atoms in total. The molecule has 0 aromatic heterocycles. The van der Waals surface area contributed by atoms with Crippen molar-refractivity contribution < 1.29 is 23.9 Å². The molecule has 2 fully saturated rings. The van der Waals surface area contributed by atoms with Crippen molar-refractivity contribution in [3.05, 3.63) is 59.4 Å². The van der Waals surface area contributed by atoms with Crippen molar-refractivity contribution in [3.8, 4) is 0 Å². The maximum atomic E-state index is 13.9. The molecule has 4 N–H and O–H groups in total. The van der Waals surface area contributed by atoms with Gasteiger partial charge in [-0.1, -0.05) is 18.6 Å². The Balaban J connectivity index is 1.52. The van der Waals surface area contributed by atoms with Crippen LogP contribution < -0.4 is 16.0 Å². The second kappa shape index (κ2) is 9.80. The third-order valence-corrected chi connectivity index (χ3v) is 6.95. The molecule has 180 valence electrons. The van der Waals surface area contributed by atoms with Gasteiger partial charge in [0.1, 0.15) is 11.4 Å². The molecule has 0 radical (unpaired) electrons. The van der Waals surface area contributed by atoms with Crippen molar-refractivity contribution in [2.45, 2.75) is 37.6 Å². The van der Waals surface area contributed by atoms with Crippen molar-refractivity contribution in [2.24, 2.45) is 5.73 Å². The van der Waals surface area contributed by atoms with E-state index >= 15 is 0 Å². The van der Waals surface area contributed by atoms with Gasteiger partial charge >= 0.3 is 5.97 Å². The van der Waals surface area contributed by atoms with Gasteiger partial charge in [-0.05, 0) is 69.1 Å². The van der Waals surface area contributed by atoms with E-state index in [0.29, 0.717) is 31.6 Å². The lowest BCUT2D eigenvalue weighted by molar-refractivity contribution is -0.132. The van der Waals surface area contributed by atoms with Crippen LogP contribution >= 0.6 is 0 Å². The highest BCUT2D eigenvalue weighted by atomic mass is 19.1. The Morgan fingerprint density at radius 3 is 2.24 bits per heavy atom. The third-order valence-electron chi connectivity index (χ3n) is 6.95. The van der Waals surface area contributed by atoms with Gasteiger partial charge < -0.3 is 21.1 Å². The second-order valence-electron chi connectivity index (χ2n) is 8.90. The molecule has 0 aliphatic carbocycles. The van der Waals surface area contributed by atoms with Gasteiger partial charge in [0, 0.05) is 18.8 Å². The number of hydrogen-bond acceptors (Lipinski definition) is 5. The fraction of sp³-hybridized carbons (Fsp3) is 0.400. The zero-order valence-electron chi connectivity index (χ0n) is 18.9. The lowest BCUT2D eigenvalue weighted by Gasteiger charge is -2.48. The number of rotatable bonds is 6. The molecule has 2 aliphatic heterocycles. The highest BCUT2D eigenvalue weighted by Gasteiger charge is 2.45. The van der Waals surface area contributed by atoms with E-state index in [1.165, 1.54) is 24.3 Å². The number of piperidine rings is 2. The van der Waals surface area contributed by atoms with Crippen molar-refractivity contribution in [2.75, 3.05) is 36.4 Å². The van der Waals surface area contributed by atoms with Crippen LogP contribution in [0.5, 0.6) is 0 Å². The zero-order chi connectivity index (χ0) is 24.3. The molecule has 2 heterocycles. The van der Waals surface area contributed by atoms with Crippen LogP contribution in [0.2, 0.25) is 0 Å². The van der Waals surface area contributed by atoms with Crippen LogP contribution in [0.1, 0.15) is 52.8 Å². The SMILES string of the molecule is NC(=O)C1(N2CCCCC2)CCN(c2ccc(NC(=O)c3ccccc3F)cc2C(=O)O)CC1. The number of halogens is 1. The van der Waals surface area contributed by atoms with Crippen molar-refractivity contribution in [3.63, 3.8) is 0 Å². The highest BCUT2D eigenvalue weighted by molar-refractivity contribution is 6.05. The number of carboxylic acid groups (broad SMARTS) is 1. The average Bonchev–Trinajstić information content (AvgIpc) is 2.84. The van der Waals surface area contributed by atoms with Crippen LogP contribution in [-0.4, -0.2) is 59.5 Å². The van der Waals surface area contributed by atoms with Gasteiger partial charge in [-0.3, -0.25) is 14.5 Å². The van der Waals surface area contributed by atoms with E-state index in [9.17, 15) is 23.9 Å². The summed E-state index contributed by atoms with van der Waals surface area (Å²) >= 11 is 0. The van der Waals surface area contributed by atoms with E-state index in [2.05, 4.69) is 10.2 Å². The number of carbonyl (C=O) groups is 3. The average molecular weight is 469 g/mol. The van der Waals surface area contributed by atoms with Crippen molar-refractivity contribution >= 4 is 29.2 Å². The number of primary amides is 1. The van der Waals surface area contributed by atoms with E-state index in [4.69, 9.17) is 5.73 Å². The fourth-order valence-electron chi connectivity index (χ4n) is 5.06. The smallest absolute Gasteiger partial charge is 0.337 e. The van der Waals surface area contributed by atoms with Crippen LogP contribution in [0.25, 0.3) is 0 Å². The number of nitrogens with one attached hydrogen (secondary N) is 1. The van der Waals surface area contributed by atoms with Gasteiger partial charge in [0.25, 0.3) is 5.91 Å². The minimum atomic E-state index is -1.14. The number of aromatic carboxylic acids is 1. The summed E-state index contributed by atoms with van der Waals surface area (Å²) in [6.45, 7) is 2.67. The summed E-state index contributed by atoms with van der Waals surface area (Å²) in [6, 6.07) is 10.2. The Kier molecular flexibility index (Phi) is 6.83. The molecule has 2 aromatic carbocycles. The molecule has 2 aliphatic rings. The number of anilines is 2. The normalized spacial score (nSPS) is 18.3. The largest absolute Gasteiger partial charge is 0.478 e. The van der Waals surface area contributed by atoms with Crippen molar-refractivity contribution in [1.82, 2.24) is 4.90 Å². The monoisotopic (exact) mass is 468 g/mol. The molecule has 0 spiro atoms. The van der Waals surface area contributed by atoms with Crippen LogP contribution in [0.3, 0.4) is 0 Å². The number of carboxylic acids is 1.